The second-order valence-corrected chi connectivity index (χ2v) is 5.10. The lowest BCUT2D eigenvalue weighted by molar-refractivity contribution is 0.102. The zero-order valence-electron chi connectivity index (χ0n) is 9.88. The highest BCUT2D eigenvalue weighted by atomic mass is 79.9. The van der Waals surface area contributed by atoms with Gasteiger partial charge in [-0.1, -0.05) is 11.6 Å². The van der Waals surface area contributed by atoms with Crippen molar-refractivity contribution in [2.45, 2.75) is 6.92 Å². The quantitative estimate of drug-likeness (QED) is 0.888. The number of hydrogen-bond donors (Lipinski definition) is 1. The third-order valence-corrected chi connectivity index (χ3v) is 3.59. The van der Waals surface area contributed by atoms with E-state index in [1.807, 2.05) is 6.92 Å². The van der Waals surface area contributed by atoms with Gasteiger partial charge in [-0.25, -0.2) is 9.37 Å². The van der Waals surface area contributed by atoms with Gasteiger partial charge in [-0.05, 0) is 53.2 Å². The number of benzene rings is 1. The second kappa shape index (κ2) is 5.67. The Morgan fingerprint density at radius 1 is 1.37 bits per heavy atom. The first-order valence-electron chi connectivity index (χ1n) is 5.37. The van der Waals surface area contributed by atoms with E-state index in [-0.39, 0.29) is 10.6 Å². The molecule has 0 aliphatic carbocycles. The maximum Gasteiger partial charge on any atom is 0.258 e. The van der Waals surface area contributed by atoms with E-state index in [9.17, 15) is 9.18 Å². The molecule has 1 heterocycles. The maximum atomic E-state index is 12.9. The van der Waals surface area contributed by atoms with E-state index in [1.165, 1.54) is 12.1 Å². The van der Waals surface area contributed by atoms with E-state index in [0.717, 1.165) is 16.2 Å². The molecule has 2 rings (SSSR count). The van der Waals surface area contributed by atoms with Crippen LogP contribution in [0.2, 0.25) is 5.02 Å². The Bertz CT molecular complexity index is 649. The van der Waals surface area contributed by atoms with Crippen molar-refractivity contribution >= 4 is 39.3 Å². The minimum absolute atomic E-state index is 0.0614. The van der Waals surface area contributed by atoms with Crippen LogP contribution in [0, 0.1) is 12.7 Å². The number of aromatic nitrogens is 1. The van der Waals surface area contributed by atoms with Gasteiger partial charge in [-0.3, -0.25) is 4.79 Å². The largest absolute Gasteiger partial charge is 0.307 e. The summed E-state index contributed by atoms with van der Waals surface area (Å²) in [5.74, 6) is -0.510. The minimum Gasteiger partial charge on any atom is -0.307 e. The smallest absolute Gasteiger partial charge is 0.258 e. The predicted molar refractivity (Wildman–Crippen MR) is 76.0 cm³/mol. The number of rotatable bonds is 2. The van der Waals surface area contributed by atoms with Gasteiger partial charge < -0.3 is 5.32 Å². The van der Waals surface area contributed by atoms with Crippen LogP contribution >= 0.6 is 27.5 Å². The zero-order valence-corrected chi connectivity index (χ0v) is 12.2. The van der Waals surface area contributed by atoms with Gasteiger partial charge in [0, 0.05) is 4.47 Å². The summed E-state index contributed by atoms with van der Waals surface area (Å²) in [6, 6.07) is 7.05. The maximum absolute atomic E-state index is 12.9. The van der Waals surface area contributed by atoms with Crippen molar-refractivity contribution in [1.29, 1.82) is 0 Å². The lowest BCUT2D eigenvalue weighted by Gasteiger charge is -2.07. The summed E-state index contributed by atoms with van der Waals surface area (Å²) in [5.41, 5.74) is 0.952. The lowest BCUT2D eigenvalue weighted by atomic mass is 10.2. The number of hydrogen-bond acceptors (Lipinski definition) is 2. The average Bonchev–Trinajstić information content (AvgIpc) is 2.33. The van der Waals surface area contributed by atoms with Crippen LogP contribution in [0.3, 0.4) is 0 Å². The molecule has 0 saturated carbocycles. The standard InChI is InChI=1S/C13H9BrClFN2O/c1-7-10(14)4-5-12(17-7)18-13(19)9-3-2-8(16)6-11(9)15/h2-6H,1H3,(H,17,18,19). The molecule has 2 aromatic rings. The van der Waals surface area contributed by atoms with Gasteiger partial charge in [0.1, 0.15) is 11.6 Å². The molecular weight excluding hydrogens is 335 g/mol. The van der Waals surface area contributed by atoms with Gasteiger partial charge in [-0.2, -0.15) is 0 Å². The Morgan fingerprint density at radius 3 is 2.74 bits per heavy atom. The molecule has 6 heteroatoms. The van der Waals surface area contributed by atoms with E-state index in [2.05, 4.69) is 26.2 Å². The first-order chi connectivity index (χ1) is 8.97. The Morgan fingerprint density at radius 2 is 2.11 bits per heavy atom. The van der Waals surface area contributed by atoms with Gasteiger partial charge in [0.05, 0.1) is 16.3 Å². The number of pyridine rings is 1. The molecule has 0 spiro atoms. The summed E-state index contributed by atoms with van der Waals surface area (Å²) < 4.78 is 13.8. The van der Waals surface area contributed by atoms with Crippen LogP contribution < -0.4 is 5.32 Å². The molecule has 0 atom stereocenters. The van der Waals surface area contributed by atoms with Crippen LogP contribution in [0.5, 0.6) is 0 Å². The van der Waals surface area contributed by atoms with E-state index >= 15 is 0 Å². The fraction of sp³-hybridized carbons (Fsp3) is 0.0769. The monoisotopic (exact) mass is 342 g/mol. The van der Waals surface area contributed by atoms with E-state index in [1.54, 1.807) is 12.1 Å². The normalized spacial score (nSPS) is 10.3. The summed E-state index contributed by atoms with van der Waals surface area (Å²) in [5, 5.41) is 2.67. The van der Waals surface area contributed by atoms with Crippen molar-refractivity contribution in [2.24, 2.45) is 0 Å². The Labute approximate surface area is 122 Å². The molecule has 1 N–H and O–H groups in total. The minimum atomic E-state index is -0.487. The highest BCUT2D eigenvalue weighted by Crippen LogP contribution is 2.20. The van der Waals surface area contributed by atoms with Crippen LogP contribution in [0.15, 0.2) is 34.8 Å². The number of halogens is 3. The molecule has 0 saturated heterocycles. The number of carbonyl (C=O) groups excluding carboxylic acids is 1. The van der Waals surface area contributed by atoms with Crippen molar-refractivity contribution in [3.05, 3.63) is 56.9 Å². The number of amides is 1. The summed E-state index contributed by atoms with van der Waals surface area (Å²) in [6.07, 6.45) is 0. The average molecular weight is 344 g/mol. The zero-order chi connectivity index (χ0) is 14.0. The fourth-order valence-corrected chi connectivity index (χ4v) is 1.94. The molecule has 0 bridgehead atoms. The van der Waals surface area contributed by atoms with Crippen LogP contribution in [0.1, 0.15) is 16.1 Å². The number of nitrogens with zero attached hydrogens (tertiary/aromatic N) is 1. The fourth-order valence-electron chi connectivity index (χ4n) is 1.47. The van der Waals surface area contributed by atoms with Crippen LogP contribution in [0.4, 0.5) is 10.2 Å². The Hall–Kier alpha value is -1.46. The molecule has 1 amide bonds. The van der Waals surface area contributed by atoms with Gasteiger partial charge in [0.15, 0.2) is 0 Å². The van der Waals surface area contributed by atoms with Crippen LogP contribution in [-0.4, -0.2) is 10.9 Å². The summed E-state index contributed by atoms with van der Waals surface area (Å²) in [7, 11) is 0. The molecule has 0 aliphatic rings. The highest BCUT2D eigenvalue weighted by Gasteiger charge is 2.12. The van der Waals surface area contributed by atoms with Gasteiger partial charge in [-0.15, -0.1) is 0 Å². The van der Waals surface area contributed by atoms with Gasteiger partial charge in [0.2, 0.25) is 0 Å². The number of anilines is 1. The van der Waals surface area contributed by atoms with Crippen molar-refractivity contribution in [2.75, 3.05) is 5.32 Å². The first-order valence-corrected chi connectivity index (χ1v) is 6.54. The number of nitrogens with one attached hydrogen (secondary N) is 1. The summed E-state index contributed by atoms with van der Waals surface area (Å²) in [4.78, 5) is 16.2. The molecular formula is C13H9BrClFN2O. The van der Waals surface area contributed by atoms with E-state index in [0.29, 0.717) is 5.82 Å². The van der Waals surface area contributed by atoms with Gasteiger partial charge in [0.25, 0.3) is 5.91 Å². The van der Waals surface area contributed by atoms with Gasteiger partial charge >= 0.3 is 0 Å². The van der Waals surface area contributed by atoms with Crippen LogP contribution in [0.25, 0.3) is 0 Å². The summed E-state index contributed by atoms with van der Waals surface area (Å²) in [6.45, 7) is 1.81. The van der Waals surface area contributed by atoms with E-state index < -0.39 is 11.7 Å². The SMILES string of the molecule is Cc1nc(NC(=O)c2ccc(F)cc2Cl)ccc1Br. The van der Waals surface area contributed by atoms with Crippen molar-refractivity contribution < 1.29 is 9.18 Å². The molecule has 1 aromatic heterocycles. The molecule has 0 unspecified atom stereocenters. The van der Waals surface area contributed by atoms with Crippen molar-refractivity contribution in [1.82, 2.24) is 4.98 Å². The third-order valence-electron chi connectivity index (χ3n) is 2.44. The Balaban J connectivity index is 2.23. The molecule has 0 fully saturated rings. The summed E-state index contributed by atoms with van der Waals surface area (Å²) >= 11 is 9.14. The number of aryl methyl sites for hydroxylation is 1. The molecule has 1 aromatic carbocycles. The highest BCUT2D eigenvalue weighted by molar-refractivity contribution is 9.10. The first kappa shape index (κ1) is 14.0. The predicted octanol–water partition coefficient (Wildman–Crippen LogP) is 4.20. The molecule has 19 heavy (non-hydrogen) atoms. The third kappa shape index (κ3) is 3.30. The van der Waals surface area contributed by atoms with Crippen molar-refractivity contribution in [3.8, 4) is 0 Å². The molecule has 3 nitrogen and oxygen atoms in total. The molecule has 0 radical (unpaired) electrons. The number of carbonyl (C=O) groups is 1. The molecule has 98 valence electrons. The second-order valence-electron chi connectivity index (χ2n) is 3.84. The lowest BCUT2D eigenvalue weighted by Crippen LogP contribution is -2.13. The Kier molecular flexibility index (Phi) is 4.17. The van der Waals surface area contributed by atoms with E-state index in [4.69, 9.17) is 11.6 Å². The van der Waals surface area contributed by atoms with Crippen molar-refractivity contribution in [3.63, 3.8) is 0 Å². The topological polar surface area (TPSA) is 42.0 Å². The van der Waals surface area contributed by atoms with Crippen LogP contribution in [-0.2, 0) is 0 Å². The molecule has 0 aliphatic heterocycles.